The molecule has 0 fully saturated rings. The van der Waals surface area contributed by atoms with Crippen molar-refractivity contribution in [3.8, 4) is 5.75 Å². The second-order valence-corrected chi connectivity index (χ2v) is 5.97. The van der Waals surface area contributed by atoms with Crippen molar-refractivity contribution in [1.29, 1.82) is 0 Å². The number of anilines is 3. The summed E-state index contributed by atoms with van der Waals surface area (Å²) in [6, 6.07) is 14.3. The van der Waals surface area contributed by atoms with Gasteiger partial charge in [0.15, 0.2) is 0 Å². The smallest absolute Gasteiger partial charge is 0.274 e. The number of carbonyl (C=O) groups excluding carboxylic acids is 1. The molecule has 0 unspecified atom stereocenters. The summed E-state index contributed by atoms with van der Waals surface area (Å²) >= 11 is 6.08. The van der Waals surface area contributed by atoms with Crippen LogP contribution in [0.3, 0.4) is 0 Å². The minimum atomic E-state index is -0.360. The van der Waals surface area contributed by atoms with E-state index >= 15 is 0 Å². The first-order chi connectivity index (χ1) is 12.5. The molecule has 2 N–H and O–H groups in total. The van der Waals surface area contributed by atoms with Crippen LogP contribution in [0.25, 0.3) is 0 Å². The first-order valence-corrected chi connectivity index (χ1v) is 8.24. The van der Waals surface area contributed by atoms with E-state index in [1.807, 2.05) is 31.2 Å². The summed E-state index contributed by atoms with van der Waals surface area (Å²) in [6.07, 6.45) is 1.53. The van der Waals surface area contributed by atoms with E-state index in [0.29, 0.717) is 22.4 Å². The van der Waals surface area contributed by atoms with E-state index < -0.39 is 0 Å². The van der Waals surface area contributed by atoms with Gasteiger partial charge in [-0.2, -0.15) is 0 Å². The Labute approximate surface area is 156 Å². The van der Waals surface area contributed by atoms with Crippen LogP contribution in [0.15, 0.2) is 54.7 Å². The van der Waals surface area contributed by atoms with Gasteiger partial charge in [-0.05, 0) is 48.9 Å². The number of halogens is 1. The molecule has 0 atom stereocenters. The van der Waals surface area contributed by atoms with E-state index in [4.69, 9.17) is 16.3 Å². The van der Waals surface area contributed by atoms with E-state index in [1.165, 1.54) is 13.3 Å². The standard InChI is InChI=1S/C19H17ClN4O2/c1-12-4-3-5-13(10-12)23-19-21-9-8-16(24-19)18(25)22-14-6-7-17(26-2)15(20)11-14/h3-11H,1-2H3,(H,22,25)(H,21,23,24). The van der Waals surface area contributed by atoms with Crippen LogP contribution >= 0.6 is 11.6 Å². The first kappa shape index (κ1) is 17.7. The largest absolute Gasteiger partial charge is 0.495 e. The SMILES string of the molecule is COc1ccc(NC(=O)c2ccnc(Nc3cccc(C)c3)n2)cc1Cl. The van der Waals surface area contributed by atoms with Crippen LogP contribution in [-0.4, -0.2) is 23.0 Å². The Balaban J connectivity index is 1.74. The highest BCUT2D eigenvalue weighted by Gasteiger charge is 2.11. The van der Waals surface area contributed by atoms with Crippen molar-refractivity contribution < 1.29 is 9.53 Å². The normalized spacial score (nSPS) is 10.3. The van der Waals surface area contributed by atoms with Crippen molar-refractivity contribution in [3.05, 3.63) is 71.0 Å². The number of ether oxygens (including phenoxy) is 1. The Morgan fingerprint density at radius 1 is 1.12 bits per heavy atom. The third-order valence-corrected chi connectivity index (χ3v) is 3.87. The van der Waals surface area contributed by atoms with Crippen molar-refractivity contribution in [2.45, 2.75) is 6.92 Å². The molecule has 0 aliphatic heterocycles. The molecular formula is C19H17ClN4O2. The molecule has 1 aromatic heterocycles. The van der Waals surface area contributed by atoms with Crippen LogP contribution in [0.5, 0.6) is 5.75 Å². The molecule has 0 saturated carbocycles. The fourth-order valence-corrected chi connectivity index (χ4v) is 2.59. The molecule has 7 heteroatoms. The molecule has 3 aromatic rings. The van der Waals surface area contributed by atoms with Crippen molar-refractivity contribution in [2.24, 2.45) is 0 Å². The quantitative estimate of drug-likeness (QED) is 0.696. The van der Waals surface area contributed by atoms with Gasteiger partial charge in [0.25, 0.3) is 5.91 Å². The lowest BCUT2D eigenvalue weighted by Crippen LogP contribution is -2.14. The molecule has 132 valence electrons. The number of rotatable bonds is 5. The second-order valence-electron chi connectivity index (χ2n) is 5.56. The average molecular weight is 369 g/mol. The fourth-order valence-electron chi connectivity index (χ4n) is 2.34. The summed E-state index contributed by atoms with van der Waals surface area (Å²) in [6.45, 7) is 2.00. The third-order valence-electron chi connectivity index (χ3n) is 3.57. The second kappa shape index (κ2) is 7.84. The molecular weight excluding hydrogens is 352 g/mol. The average Bonchev–Trinajstić information content (AvgIpc) is 2.62. The molecule has 0 spiro atoms. The molecule has 6 nitrogen and oxygen atoms in total. The highest BCUT2D eigenvalue weighted by molar-refractivity contribution is 6.32. The van der Waals surface area contributed by atoms with E-state index in [2.05, 4.69) is 20.6 Å². The molecule has 0 aliphatic carbocycles. The van der Waals surface area contributed by atoms with Crippen LogP contribution in [0.1, 0.15) is 16.1 Å². The zero-order valence-electron chi connectivity index (χ0n) is 14.3. The predicted octanol–water partition coefficient (Wildman–Crippen LogP) is 4.44. The zero-order chi connectivity index (χ0) is 18.5. The van der Waals surface area contributed by atoms with Crippen molar-refractivity contribution in [3.63, 3.8) is 0 Å². The summed E-state index contributed by atoms with van der Waals surface area (Å²) in [4.78, 5) is 20.8. The van der Waals surface area contributed by atoms with Crippen LogP contribution < -0.4 is 15.4 Å². The summed E-state index contributed by atoms with van der Waals surface area (Å²) in [7, 11) is 1.53. The van der Waals surface area contributed by atoms with Gasteiger partial charge in [-0.15, -0.1) is 0 Å². The van der Waals surface area contributed by atoms with Gasteiger partial charge >= 0.3 is 0 Å². The summed E-state index contributed by atoms with van der Waals surface area (Å²) < 4.78 is 5.10. The predicted molar refractivity (Wildman–Crippen MR) is 102 cm³/mol. The van der Waals surface area contributed by atoms with Crippen LogP contribution in [0, 0.1) is 6.92 Å². The van der Waals surface area contributed by atoms with Gasteiger partial charge < -0.3 is 15.4 Å². The van der Waals surface area contributed by atoms with E-state index in [0.717, 1.165) is 11.3 Å². The molecule has 0 bridgehead atoms. The maximum atomic E-state index is 12.4. The number of nitrogens with one attached hydrogen (secondary N) is 2. The molecule has 0 radical (unpaired) electrons. The van der Waals surface area contributed by atoms with E-state index in [9.17, 15) is 4.79 Å². The number of benzene rings is 2. The van der Waals surface area contributed by atoms with Crippen molar-refractivity contribution in [1.82, 2.24) is 9.97 Å². The molecule has 0 saturated heterocycles. The van der Waals surface area contributed by atoms with Gasteiger partial charge in [0.1, 0.15) is 11.4 Å². The van der Waals surface area contributed by atoms with Gasteiger partial charge in [0.05, 0.1) is 12.1 Å². The zero-order valence-corrected chi connectivity index (χ0v) is 15.0. The van der Waals surface area contributed by atoms with Crippen LogP contribution in [0.4, 0.5) is 17.3 Å². The maximum Gasteiger partial charge on any atom is 0.274 e. The van der Waals surface area contributed by atoms with Gasteiger partial charge in [0.2, 0.25) is 5.95 Å². The van der Waals surface area contributed by atoms with Crippen LogP contribution in [0.2, 0.25) is 5.02 Å². The Kier molecular flexibility index (Phi) is 5.34. The molecule has 1 amide bonds. The van der Waals surface area contributed by atoms with Gasteiger partial charge in [-0.3, -0.25) is 4.79 Å². The lowest BCUT2D eigenvalue weighted by Gasteiger charge is -2.09. The van der Waals surface area contributed by atoms with Crippen molar-refractivity contribution in [2.75, 3.05) is 17.7 Å². The minimum absolute atomic E-state index is 0.238. The number of hydrogen-bond acceptors (Lipinski definition) is 5. The van der Waals surface area contributed by atoms with E-state index in [1.54, 1.807) is 24.3 Å². The number of hydrogen-bond donors (Lipinski definition) is 2. The molecule has 3 rings (SSSR count). The van der Waals surface area contributed by atoms with E-state index in [-0.39, 0.29) is 11.6 Å². The number of nitrogens with zero attached hydrogens (tertiary/aromatic N) is 2. The number of methoxy groups -OCH3 is 1. The topological polar surface area (TPSA) is 76.1 Å². The lowest BCUT2D eigenvalue weighted by atomic mass is 10.2. The third kappa shape index (κ3) is 4.29. The molecule has 1 heterocycles. The minimum Gasteiger partial charge on any atom is -0.495 e. The Morgan fingerprint density at radius 2 is 1.96 bits per heavy atom. The van der Waals surface area contributed by atoms with Gasteiger partial charge in [-0.1, -0.05) is 23.7 Å². The number of aryl methyl sites for hydroxylation is 1. The lowest BCUT2D eigenvalue weighted by molar-refractivity contribution is 0.102. The van der Waals surface area contributed by atoms with Gasteiger partial charge in [0, 0.05) is 17.6 Å². The highest BCUT2D eigenvalue weighted by Crippen LogP contribution is 2.27. The van der Waals surface area contributed by atoms with Crippen LogP contribution in [-0.2, 0) is 0 Å². The number of carbonyl (C=O) groups is 1. The Bertz CT molecular complexity index is 946. The number of amides is 1. The van der Waals surface area contributed by atoms with Gasteiger partial charge in [-0.25, -0.2) is 9.97 Å². The fraction of sp³-hybridized carbons (Fsp3) is 0.105. The summed E-state index contributed by atoms with van der Waals surface area (Å²) in [5, 5.41) is 6.25. The Hall–Kier alpha value is -3.12. The summed E-state index contributed by atoms with van der Waals surface area (Å²) in [5.74, 6) is 0.522. The molecule has 0 aliphatic rings. The Morgan fingerprint density at radius 3 is 2.69 bits per heavy atom. The summed E-state index contributed by atoms with van der Waals surface area (Å²) in [5.41, 5.74) is 2.75. The maximum absolute atomic E-state index is 12.4. The van der Waals surface area contributed by atoms with Crippen molar-refractivity contribution >= 4 is 34.8 Å². The molecule has 26 heavy (non-hydrogen) atoms. The molecule has 2 aromatic carbocycles. The number of aromatic nitrogens is 2. The first-order valence-electron chi connectivity index (χ1n) is 7.87. The highest BCUT2D eigenvalue weighted by atomic mass is 35.5. The monoisotopic (exact) mass is 368 g/mol.